The van der Waals surface area contributed by atoms with Gasteiger partial charge >= 0.3 is 0 Å². The minimum atomic E-state index is -0.272. The van der Waals surface area contributed by atoms with E-state index in [1.165, 1.54) is 0 Å². The van der Waals surface area contributed by atoms with Gasteiger partial charge in [-0.25, -0.2) is 4.98 Å². The van der Waals surface area contributed by atoms with E-state index in [1.54, 1.807) is 16.8 Å². The molecule has 0 aliphatic carbocycles. The molecule has 1 atom stereocenters. The largest absolute Gasteiger partial charge is 0.395 e. The fraction of sp³-hybridized carbons (Fsp3) is 0.429. The van der Waals surface area contributed by atoms with Gasteiger partial charge in [-0.15, -0.1) is 11.3 Å². The molecule has 6 heteroatoms. The second-order valence-corrected chi connectivity index (χ2v) is 6.01. The number of rotatable bonds is 3. The fourth-order valence-electron chi connectivity index (χ4n) is 2.58. The van der Waals surface area contributed by atoms with Crippen LogP contribution in [0.1, 0.15) is 19.8 Å². The monoisotopic (exact) mass is 290 g/mol. The summed E-state index contributed by atoms with van der Waals surface area (Å²) in [6.45, 7) is 3.61. The molecular weight excluding hydrogens is 272 g/mol. The molecule has 1 aromatic heterocycles. The number of nitrogens with two attached hydrogens (primary N) is 1. The molecule has 0 radical (unpaired) electrons. The number of aromatic nitrogens is 1. The Bertz CT molecular complexity index is 633. The van der Waals surface area contributed by atoms with Crippen LogP contribution in [0.25, 0.3) is 10.2 Å². The van der Waals surface area contributed by atoms with Gasteiger partial charge in [0.05, 0.1) is 21.6 Å². The molecule has 1 aromatic carbocycles. The van der Waals surface area contributed by atoms with Gasteiger partial charge in [-0.2, -0.15) is 0 Å². The first kappa shape index (κ1) is 13.2. The highest BCUT2D eigenvalue weighted by molar-refractivity contribution is 7.16. The number of likely N-dealkylation sites (tertiary alicyclic amines) is 1. The lowest BCUT2D eigenvalue weighted by Gasteiger charge is -2.22. The van der Waals surface area contributed by atoms with Crippen molar-refractivity contribution in [2.24, 2.45) is 0 Å². The summed E-state index contributed by atoms with van der Waals surface area (Å²) in [6.07, 6.45) is 2.21. The van der Waals surface area contributed by atoms with Crippen LogP contribution in [0.5, 0.6) is 0 Å². The molecule has 0 saturated carbocycles. The maximum absolute atomic E-state index is 12.3. The van der Waals surface area contributed by atoms with Gasteiger partial charge in [0, 0.05) is 13.1 Å². The minimum Gasteiger partial charge on any atom is -0.395 e. The second-order valence-electron chi connectivity index (χ2n) is 5.12. The van der Waals surface area contributed by atoms with Crippen molar-refractivity contribution in [2.75, 3.05) is 24.1 Å². The Kier molecular flexibility index (Phi) is 3.48. The maximum Gasteiger partial charge on any atom is 0.244 e. The normalized spacial score (nSPS) is 16.6. The second kappa shape index (κ2) is 5.28. The first-order valence-electron chi connectivity index (χ1n) is 6.84. The third-order valence-electron chi connectivity index (χ3n) is 3.70. The molecule has 1 unspecified atom stereocenters. The highest BCUT2D eigenvalue weighted by atomic mass is 32.1. The van der Waals surface area contributed by atoms with Crippen LogP contribution in [0.4, 0.5) is 11.4 Å². The van der Waals surface area contributed by atoms with Crippen LogP contribution in [-0.2, 0) is 4.79 Å². The molecule has 0 bridgehead atoms. The predicted octanol–water partition coefficient (Wildman–Crippen LogP) is 2.30. The van der Waals surface area contributed by atoms with Crippen LogP contribution in [0.2, 0.25) is 0 Å². The Morgan fingerprint density at radius 3 is 2.95 bits per heavy atom. The van der Waals surface area contributed by atoms with Crippen molar-refractivity contribution in [3.8, 4) is 0 Å². The number of thiazole rings is 1. The Labute approximate surface area is 121 Å². The van der Waals surface area contributed by atoms with Crippen LogP contribution >= 0.6 is 11.3 Å². The van der Waals surface area contributed by atoms with E-state index in [0.717, 1.165) is 41.8 Å². The summed E-state index contributed by atoms with van der Waals surface area (Å²) in [5.74, 6) is 0.139. The summed E-state index contributed by atoms with van der Waals surface area (Å²) in [6, 6.07) is 3.63. The quantitative estimate of drug-likeness (QED) is 0.851. The number of nitrogen functional groups attached to an aromatic ring is 1. The molecule has 2 heterocycles. The van der Waals surface area contributed by atoms with Crippen molar-refractivity contribution < 1.29 is 4.79 Å². The molecule has 0 spiro atoms. The van der Waals surface area contributed by atoms with Crippen LogP contribution in [-0.4, -0.2) is 34.9 Å². The SMILES string of the molecule is CC(Nc1ccc2scnc2c1N)C(=O)N1CCCC1. The Hall–Kier alpha value is -1.82. The lowest BCUT2D eigenvalue weighted by molar-refractivity contribution is -0.130. The number of carbonyl (C=O) groups excluding carboxylic acids is 1. The predicted molar refractivity (Wildman–Crippen MR) is 82.9 cm³/mol. The number of nitrogens with one attached hydrogen (secondary N) is 1. The summed E-state index contributed by atoms with van der Waals surface area (Å²) >= 11 is 1.56. The van der Waals surface area contributed by atoms with Gasteiger partial charge in [-0.3, -0.25) is 4.79 Å². The van der Waals surface area contributed by atoms with Crippen molar-refractivity contribution in [3.63, 3.8) is 0 Å². The van der Waals surface area contributed by atoms with Crippen molar-refractivity contribution in [2.45, 2.75) is 25.8 Å². The van der Waals surface area contributed by atoms with E-state index in [2.05, 4.69) is 10.3 Å². The molecule has 20 heavy (non-hydrogen) atoms. The topological polar surface area (TPSA) is 71.2 Å². The first-order valence-corrected chi connectivity index (χ1v) is 7.72. The van der Waals surface area contributed by atoms with Crippen molar-refractivity contribution in [1.82, 2.24) is 9.88 Å². The van der Waals surface area contributed by atoms with E-state index in [1.807, 2.05) is 24.0 Å². The average molecular weight is 290 g/mol. The average Bonchev–Trinajstić information content (AvgIpc) is 3.11. The third-order valence-corrected chi connectivity index (χ3v) is 4.50. The van der Waals surface area contributed by atoms with Gasteiger partial charge in [0.1, 0.15) is 11.6 Å². The number of hydrogen-bond acceptors (Lipinski definition) is 5. The highest BCUT2D eigenvalue weighted by Crippen LogP contribution is 2.30. The third kappa shape index (κ3) is 2.31. The number of nitrogens with zero attached hydrogens (tertiary/aromatic N) is 2. The van der Waals surface area contributed by atoms with Gasteiger partial charge in [-0.1, -0.05) is 0 Å². The Morgan fingerprint density at radius 2 is 2.20 bits per heavy atom. The van der Waals surface area contributed by atoms with E-state index in [4.69, 9.17) is 5.73 Å². The minimum absolute atomic E-state index is 0.139. The van der Waals surface area contributed by atoms with Gasteiger partial charge < -0.3 is 16.0 Å². The van der Waals surface area contributed by atoms with Crippen LogP contribution in [0.15, 0.2) is 17.6 Å². The molecule has 5 nitrogen and oxygen atoms in total. The molecule has 1 fully saturated rings. The molecule has 1 amide bonds. The summed E-state index contributed by atoms with van der Waals surface area (Å²) < 4.78 is 1.06. The van der Waals surface area contributed by atoms with E-state index < -0.39 is 0 Å². The number of carbonyl (C=O) groups is 1. The number of amides is 1. The zero-order valence-electron chi connectivity index (χ0n) is 11.4. The van der Waals surface area contributed by atoms with E-state index >= 15 is 0 Å². The van der Waals surface area contributed by atoms with Crippen LogP contribution in [0, 0.1) is 0 Å². The van der Waals surface area contributed by atoms with E-state index in [9.17, 15) is 4.79 Å². The molecule has 1 saturated heterocycles. The van der Waals surface area contributed by atoms with Gasteiger partial charge in [0.25, 0.3) is 0 Å². The van der Waals surface area contributed by atoms with Crippen molar-refractivity contribution in [1.29, 1.82) is 0 Å². The first-order chi connectivity index (χ1) is 9.66. The van der Waals surface area contributed by atoms with Crippen molar-refractivity contribution in [3.05, 3.63) is 17.6 Å². The van der Waals surface area contributed by atoms with Crippen molar-refractivity contribution >= 4 is 38.8 Å². The molecule has 3 rings (SSSR count). The highest BCUT2D eigenvalue weighted by Gasteiger charge is 2.23. The van der Waals surface area contributed by atoms with Gasteiger partial charge in [-0.05, 0) is 31.9 Å². The van der Waals surface area contributed by atoms with Crippen LogP contribution in [0.3, 0.4) is 0 Å². The zero-order chi connectivity index (χ0) is 14.1. The van der Waals surface area contributed by atoms with Gasteiger partial charge in [0.2, 0.25) is 5.91 Å². The molecule has 106 valence electrons. The lowest BCUT2D eigenvalue weighted by Crippen LogP contribution is -2.39. The summed E-state index contributed by atoms with van der Waals surface area (Å²) in [5.41, 5.74) is 10.1. The zero-order valence-corrected chi connectivity index (χ0v) is 12.2. The standard InChI is InChI=1S/C14H18N4OS/c1-9(14(19)18-6-2-3-7-18)17-10-4-5-11-13(12(10)15)16-8-20-11/h4-5,8-9,17H,2-3,6-7,15H2,1H3. The Balaban J connectivity index is 1.78. The number of benzene rings is 1. The molecule has 1 aliphatic rings. The molecular formula is C14H18N4OS. The summed E-state index contributed by atoms with van der Waals surface area (Å²) in [7, 11) is 0. The maximum atomic E-state index is 12.3. The van der Waals surface area contributed by atoms with Crippen LogP contribution < -0.4 is 11.1 Å². The Morgan fingerprint density at radius 1 is 1.45 bits per heavy atom. The number of anilines is 2. The van der Waals surface area contributed by atoms with E-state index in [0.29, 0.717) is 5.69 Å². The number of fused-ring (bicyclic) bond motifs is 1. The van der Waals surface area contributed by atoms with Gasteiger partial charge in [0.15, 0.2) is 0 Å². The van der Waals surface area contributed by atoms with E-state index in [-0.39, 0.29) is 11.9 Å². The number of hydrogen-bond donors (Lipinski definition) is 2. The molecule has 3 N–H and O–H groups in total. The smallest absolute Gasteiger partial charge is 0.244 e. The fourth-order valence-corrected chi connectivity index (χ4v) is 3.28. The lowest BCUT2D eigenvalue weighted by atomic mass is 10.2. The molecule has 1 aliphatic heterocycles. The summed E-state index contributed by atoms with van der Waals surface area (Å²) in [5, 5.41) is 3.22. The molecule has 2 aromatic rings. The summed E-state index contributed by atoms with van der Waals surface area (Å²) in [4.78, 5) is 18.5.